The molecule has 0 aliphatic rings. The molecule has 1 heteroatoms. The third kappa shape index (κ3) is 11.5. The molecule has 0 amide bonds. The number of hydrogen-bond acceptors (Lipinski definition) is 0. The van der Waals surface area contributed by atoms with Gasteiger partial charge in [-0.25, -0.2) is 12.2 Å². The van der Waals surface area contributed by atoms with Crippen LogP contribution in [0.25, 0.3) is 0 Å². The molecule has 0 spiro atoms. The van der Waals surface area contributed by atoms with Gasteiger partial charge in [-0.3, -0.25) is 6.08 Å². The second-order valence-corrected chi connectivity index (χ2v) is 1.67. The molecule has 0 aromatic carbocycles. The van der Waals surface area contributed by atoms with Gasteiger partial charge >= 0.3 is 0 Å². The van der Waals surface area contributed by atoms with Crippen LogP contribution in [0.3, 0.4) is 0 Å². The van der Waals surface area contributed by atoms with Gasteiger partial charge in [0.25, 0.3) is 0 Å². The topological polar surface area (TPSA) is 0 Å². The van der Waals surface area contributed by atoms with E-state index in [9.17, 15) is 0 Å². The van der Waals surface area contributed by atoms with Gasteiger partial charge in [0.05, 0.1) is 0 Å². The first-order chi connectivity index (χ1) is 3.91. The molecule has 0 radical (unpaired) electrons. The number of unbranched alkanes of at least 4 members (excludes halogenated alkanes) is 1. The maximum atomic E-state index is 2.91. The average Bonchev–Trinajstić information content (AvgIpc) is 1.81. The van der Waals surface area contributed by atoms with Gasteiger partial charge in [-0.15, -0.1) is 6.92 Å². The van der Waals surface area contributed by atoms with E-state index in [1.165, 1.54) is 12.8 Å². The summed E-state index contributed by atoms with van der Waals surface area (Å²) in [7, 11) is 0. The van der Waals surface area contributed by atoms with E-state index in [-0.39, 0.29) is 17.1 Å². The van der Waals surface area contributed by atoms with Crippen molar-refractivity contribution < 1.29 is 17.1 Å². The van der Waals surface area contributed by atoms with E-state index in [0.717, 1.165) is 0 Å². The maximum absolute atomic E-state index is 2.91. The Morgan fingerprint density at radius 1 is 1.44 bits per heavy atom. The Balaban J connectivity index is 0. The van der Waals surface area contributed by atoms with E-state index in [0.29, 0.717) is 0 Å². The van der Waals surface area contributed by atoms with Crippen LogP contribution in [0.4, 0.5) is 0 Å². The first kappa shape index (κ1) is 11.8. The van der Waals surface area contributed by atoms with Crippen molar-refractivity contribution in [3.05, 3.63) is 24.3 Å². The maximum Gasteiger partial charge on any atom is 0 e. The van der Waals surface area contributed by atoms with E-state index in [1.807, 2.05) is 19.1 Å². The Morgan fingerprint density at radius 3 is 2.56 bits per heavy atom. The summed E-state index contributed by atoms with van der Waals surface area (Å²) in [5, 5.41) is 0. The molecule has 9 heavy (non-hydrogen) atoms. The molecular formula is C8H13Fe-. The predicted octanol–water partition coefficient (Wildman–Crippen LogP) is 2.72. The van der Waals surface area contributed by atoms with Gasteiger partial charge in [-0.1, -0.05) is 19.8 Å². The summed E-state index contributed by atoms with van der Waals surface area (Å²) in [6.45, 7) is 4.07. The van der Waals surface area contributed by atoms with Crippen LogP contribution in [0, 0.1) is 6.08 Å². The van der Waals surface area contributed by atoms with Gasteiger partial charge in [0.15, 0.2) is 0 Å². The van der Waals surface area contributed by atoms with Crippen molar-refractivity contribution in [1.29, 1.82) is 0 Å². The minimum absolute atomic E-state index is 0. The zero-order valence-corrected chi connectivity index (χ0v) is 7.10. The van der Waals surface area contributed by atoms with Crippen LogP contribution in [-0.4, -0.2) is 0 Å². The summed E-state index contributed by atoms with van der Waals surface area (Å²) >= 11 is 0. The molecule has 0 aliphatic carbocycles. The molecular weight excluding hydrogens is 152 g/mol. The van der Waals surface area contributed by atoms with Crippen LogP contribution in [0.5, 0.6) is 0 Å². The third-order valence-corrected chi connectivity index (χ3v) is 0.854. The average molecular weight is 165 g/mol. The molecule has 0 bridgehead atoms. The number of hydrogen-bond donors (Lipinski definition) is 0. The standard InChI is InChI=1S/C8H13.Fe/c1-3-5-7-8-6-4-2;/h6-8H,3,5H2,1-2H3;/q-1;. The molecule has 0 saturated heterocycles. The van der Waals surface area contributed by atoms with Gasteiger partial charge < -0.3 is 0 Å². The third-order valence-electron chi connectivity index (χ3n) is 0.854. The largest absolute Gasteiger partial charge is 0.279 e. The van der Waals surface area contributed by atoms with Crippen molar-refractivity contribution in [2.75, 3.05) is 0 Å². The number of rotatable bonds is 3. The molecule has 0 heterocycles. The summed E-state index contributed by atoms with van der Waals surface area (Å²) in [5.41, 5.74) is 0. The fourth-order valence-electron chi connectivity index (χ4n) is 0.427. The van der Waals surface area contributed by atoms with Crippen molar-refractivity contribution in [1.82, 2.24) is 0 Å². The van der Waals surface area contributed by atoms with Crippen molar-refractivity contribution in [3.63, 3.8) is 0 Å². The zero-order valence-electron chi connectivity index (χ0n) is 6.00. The summed E-state index contributed by atoms with van der Waals surface area (Å²) in [5.74, 6) is 0. The molecule has 0 rings (SSSR count). The van der Waals surface area contributed by atoms with Gasteiger partial charge in [0.2, 0.25) is 0 Å². The molecule has 0 aromatic heterocycles. The van der Waals surface area contributed by atoms with Crippen molar-refractivity contribution in [2.45, 2.75) is 26.7 Å². The second-order valence-electron chi connectivity index (χ2n) is 1.67. The Bertz CT molecular complexity index is 82.6. The Kier molecular flexibility index (Phi) is 14.2. The van der Waals surface area contributed by atoms with Gasteiger partial charge in [-0.2, -0.15) is 6.08 Å². The molecule has 0 nitrogen and oxygen atoms in total. The van der Waals surface area contributed by atoms with E-state index < -0.39 is 0 Å². The van der Waals surface area contributed by atoms with Gasteiger partial charge in [-0.05, 0) is 0 Å². The first-order valence-electron chi connectivity index (χ1n) is 3.07. The van der Waals surface area contributed by atoms with E-state index in [4.69, 9.17) is 0 Å². The fourth-order valence-corrected chi connectivity index (χ4v) is 0.427. The van der Waals surface area contributed by atoms with E-state index in [2.05, 4.69) is 19.1 Å². The predicted molar refractivity (Wildman–Crippen MR) is 37.5 cm³/mol. The van der Waals surface area contributed by atoms with Crippen LogP contribution in [0.2, 0.25) is 0 Å². The molecule has 0 N–H and O–H groups in total. The van der Waals surface area contributed by atoms with Crippen LogP contribution in [0.15, 0.2) is 18.2 Å². The van der Waals surface area contributed by atoms with Crippen molar-refractivity contribution in [3.8, 4) is 0 Å². The number of allylic oxidation sites excluding steroid dienone is 4. The van der Waals surface area contributed by atoms with Gasteiger partial charge in [0, 0.05) is 17.1 Å². The van der Waals surface area contributed by atoms with Crippen LogP contribution < -0.4 is 0 Å². The SMILES string of the molecule is C[C-]=CC=CCCC.[Fe]. The molecule has 0 unspecified atom stereocenters. The summed E-state index contributed by atoms with van der Waals surface area (Å²) in [4.78, 5) is 0. The molecule has 0 aromatic rings. The normalized spacial score (nSPS) is 10.4. The summed E-state index contributed by atoms with van der Waals surface area (Å²) in [6, 6.07) is 0. The molecule has 0 aliphatic heterocycles. The van der Waals surface area contributed by atoms with E-state index >= 15 is 0 Å². The second kappa shape index (κ2) is 10.9. The minimum Gasteiger partial charge on any atom is -0.279 e. The van der Waals surface area contributed by atoms with Crippen molar-refractivity contribution >= 4 is 0 Å². The monoisotopic (exact) mass is 165 g/mol. The Hall–Kier alpha value is -0.000519. The van der Waals surface area contributed by atoms with Crippen LogP contribution in [-0.2, 0) is 17.1 Å². The van der Waals surface area contributed by atoms with Crippen LogP contribution in [0.1, 0.15) is 26.7 Å². The molecule has 0 saturated carbocycles. The molecule has 0 atom stereocenters. The quantitative estimate of drug-likeness (QED) is 0.342. The Labute approximate surface area is 68.5 Å². The van der Waals surface area contributed by atoms with Crippen LogP contribution >= 0.6 is 0 Å². The van der Waals surface area contributed by atoms with E-state index in [1.54, 1.807) is 0 Å². The first-order valence-corrected chi connectivity index (χ1v) is 3.07. The summed E-state index contributed by atoms with van der Waals surface area (Å²) in [6.07, 6.45) is 11.4. The minimum atomic E-state index is 0. The zero-order chi connectivity index (χ0) is 6.24. The molecule has 0 fully saturated rings. The smallest absolute Gasteiger partial charge is 0 e. The fraction of sp³-hybridized carbons (Fsp3) is 0.500. The van der Waals surface area contributed by atoms with Gasteiger partial charge in [0.1, 0.15) is 0 Å². The molecule has 54 valence electrons. The Morgan fingerprint density at radius 2 is 2.11 bits per heavy atom. The van der Waals surface area contributed by atoms with Crippen molar-refractivity contribution in [2.24, 2.45) is 0 Å². The summed E-state index contributed by atoms with van der Waals surface area (Å²) < 4.78 is 0.